The minimum atomic E-state index is -0.595. The van der Waals surface area contributed by atoms with Crippen molar-refractivity contribution in [1.29, 1.82) is 0 Å². The largest absolute Gasteiger partial charge is 0.413 e. The van der Waals surface area contributed by atoms with Gasteiger partial charge in [0.1, 0.15) is 5.02 Å². The maximum Gasteiger partial charge on any atom is 0.413 e. The van der Waals surface area contributed by atoms with E-state index in [1.807, 2.05) is 0 Å². The van der Waals surface area contributed by atoms with Gasteiger partial charge in [-0.2, -0.15) is 0 Å². The molecule has 0 aromatic carbocycles. The average Bonchev–Trinajstić information content (AvgIpc) is 2.58. The molecule has 0 spiro atoms. The number of hydrogen-bond donors (Lipinski definition) is 1. The lowest BCUT2D eigenvalue weighted by Gasteiger charge is -2.29. The van der Waals surface area contributed by atoms with E-state index in [2.05, 4.69) is 10.4 Å². The van der Waals surface area contributed by atoms with Crippen LogP contribution in [0.15, 0.2) is 4.79 Å². The number of piperazine rings is 1. The Bertz CT molecular complexity index is 653. The third-order valence-electron chi connectivity index (χ3n) is 4.05. The molecule has 23 heavy (non-hydrogen) atoms. The molecule has 1 aromatic heterocycles. The number of ether oxygens (including phenoxy) is 1. The second-order valence-corrected chi connectivity index (χ2v) is 5.93. The summed E-state index contributed by atoms with van der Waals surface area (Å²) in [5, 5.41) is 18.4. The molecule has 2 aliphatic heterocycles. The highest BCUT2D eigenvalue weighted by Gasteiger charge is 2.33. The molecule has 3 rings (SSSR count). The van der Waals surface area contributed by atoms with E-state index in [0.717, 1.165) is 17.5 Å². The van der Waals surface area contributed by atoms with Crippen molar-refractivity contribution < 1.29 is 9.66 Å². The molecule has 0 bridgehead atoms. The fraction of sp³-hybridized carbons (Fsp3) is 0.692. The molecule has 9 nitrogen and oxygen atoms in total. The summed E-state index contributed by atoms with van der Waals surface area (Å²) in [5.41, 5.74) is -0.437. The summed E-state index contributed by atoms with van der Waals surface area (Å²) < 4.78 is 6.53. The Kier molecular flexibility index (Phi) is 4.79. The first-order valence-corrected chi connectivity index (χ1v) is 8.01. The molecule has 1 unspecified atom stereocenters. The summed E-state index contributed by atoms with van der Waals surface area (Å²) in [6, 6.07) is 0. The molecular weight excluding hydrogens is 326 g/mol. The van der Waals surface area contributed by atoms with Crippen LogP contribution in [-0.4, -0.2) is 47.5 Å². The topological polar surface area (TPSA) is 103 Å². The summed E-state index contributed by atoms with van der Waals surface area (Å²) in [6.45, 7) is 2.91. The van der Waals surface area contributed by atoms with Crippen LogP contribution in [0.25, 0.3) is 0 Å². The highest BCUT2D eigenvalue weighted by molar-refractivity contribution is 6.33. The highest BCUT2D eigenvalue weighted by atomic mass is 35.5. The van der Waals surface area contributed by atoms with E-state index in [-0.39, 0.29) is 10.7 Å². The van der Waals surface area contributed by atoms with Crippen LogP contribution in [0.4, 0.5) is 11.5 Å². The lowest BCUT2D eigenvalue weighted by atomic mass is 10.2. The third-order valence-corrected chi connectivity index (χ3v) is 4.39. The van der Waals surface area contributed by atoms with Crippen molar-refractivity contribution in [2.75, 3.05) is 37.7 Å². The van der Waals surface area contributed by atoms with Crippen LogP contribution in [0, 0.1) is 10.1 Å². The van der Waals surface area contributed by atoms with E-state index in [1.165, 1.54) is 0 Å². The van der Waals surface area contributed by atoms with Gasteiger partial charge >= 0.3 is 11.4 Å². The summed E-state index contributed by atoms with van der Waals surface area (Å²) >= 11 is 6.20. The molecule has 1 atom stereocenters. The number of aromatic nitrogens is 2. The number of hydrogen-bond acceptors (Lipinski definition) is 7. The van der Waals surface area contributed by atoms with Crippen molar-refractivity contribution in [3.8, 4) is 0 Å². The van der Waals surface area contributed by atoms with Crippen molar-refractivity contribution in [3.05, 3.63) is 25.5 Å². The lowest BCUT2D eigenvalue weighted by molar-refractivity contribution is -0.390. The van der Waals surface area contributed by atoms with Gasteiger partial charge in [0, 0.05) is 32.8 Å². The summed E-state index contributed by atoms with van der Waals surface area (Å²) in [7, 11) is 0. The maximum atomic E-state index is 12.5. The Morgan fingerprint density at radius 2 is 2.09 bits per heavy atom. The van der Waals surface area contributed by atoms with Gasteiger partial charge in [-0.25, -0.2) is 0 Å². The average molecular weight is 344 g/mol. The number of halogens is 1. The van der Waals surface area contributed by atoms with Crippen molar-refractivity contribution in [3.63, 3.8) is 0 Å². The SMILES string of the molecule is O=c1c(Cl)c(N2CCNCC2)c([N+](=O)[O-])nn1C1CCCCO1. The van der Waals surface area contributed by atoms with Gasteiger partial charge in [0.05, 0.1) is 5.10 Å². The molecule has 2 aliphatic rings. The Balaban J connectivity index is 2.07. The Morgan fingerprint density at radius 3 is 2.70 bits per heavy atom. The van der Waals surface area contributed by atoms with Gasteiger partial charge in [-0.15, -0.1) is 4.68 Å². The van der Waals surface area contributed by atoms with E-state index in [4.69, 9.17) is 16.3 Å². The van der Waals surface area contributed by atoms with Crippen LogP contribution in [-0.2, 0) is 4.74 Å². The minimum absolute atomic E-state index is 0.107. The van der Waals surface area contributed by atoms with E-state index in [9.17, 15) is 14.9 Å². The predicted octanol–water partition coefficient (Wildman–Crippen LogP) is 0.914. The second kappa shape index (κ2) is 6.81. The molecule has 1 aromatic rings. The maximum absolute atomic E-state index is 12.5. The fourth-order valence-electron chi connectivity index (χ4n) is 2.90. The number of nitro groups is 1. The fourth-order valence-corrected chi connectivity index (χ4v) is 3.19. The standard InChI is InChI=1S/C13H18ClN5O4/c14-10-11(17-6-4-15-5-7-17)12(19(21)22)16-18(13(10)20)9-3-1-2-8-23-9/h9,15H,1-8H2. The van der Waals surface area contributed by atoms with Crippen molar-refractivity contribution in [1.82, 2.24) is 15.1 Å². The van der Waals surface area contributed by atoms with Gasteiger partial charge in [-0.05, 0) is 24.2 Å². The number of rotatable bonds is 3. The summed E-state index contributed by atoms with van der Waals surface area (Å²) in [6.07, 6.45) is 1.78. The van der Waals surface area contributed by atoms with Crippen LogP contribution in [0.1, 0.15) is 25.5 Å². The van der Waals surface area contributed by atoms with E-state index in [1.54, 1.807) is 4.90 Å². The van der Waals surface area contributed by atoms with Crippen molar-refractivity contribution >= 4 is 23.1 Å². The Morgan fingerprint density at radius 1 is 1.35 bits per heavy atom. The molecule has 0 aliphatic carbocycles. The molecule has 1 N–H and O–H groups in total. The van der Waals surface area contributed by atoms with Crippen LogP contribution in [0.3, 0.4) is 0 Å². The van der Waals surface area contributed by atoms with Crippen LogP contribution in [0.5, 0.6) is 0 Å². The van der Waals surface area contributed by atoms with Crippen LogP contribution < -0.4 is 15.8 Å². The van der Waals surface area contributed by atoms with Gasteiger partial charge in [-0.3, -0.25) is 4.79 Å². The molecule has 2 fully saturated rings. The summed E-state index contributed by atoms with van der Waals surface area (Å²) in [4.78, 5) is 25.1. The normalized spacial score (nSPS) is 22.1. The third kappa shape index (κ3) is 3.17. The highest BCUT2D eigenvalue weighted by Crippen LogP contribution is 2.33. The second-order valence-electron chi connectivity index (χ2n) is 5.55. The molecule has 0 amide bonds. The summed E-state index contributed by atoms with van der Waals surface area (Å²) in [5.74, 6) is -0.398. The first kappa shape index (κ1) is 16.2. The molecule has 2 saturated heterocycles. The number of nitrogens with one attached hydrogen (secondary N) is 1. The zero-order valence-electron chi connectivity index (χ0n) is 12.5. The molecule has 126 valence electrons. The smallest absolute Gasteiger partial charge is 0.361 e. The number of anilines is 1. The van der Waals surface area contributed by atoms with Gasteiger partial charge in [0.25, 0.3) is 0 Å². The molecule has 0 saturated carbocycles. The molecule has 3 heterocycles. The van der Waals surface area contributed by atoms with E-state index in [0.29, 0.717) is 39.2 Å². The Hall–Kier alpha value is -1.71. The zero-order valence-corrected chi connectivity index (χ0v) is 13.3. The van der Waals surface area contributed by atoms with Crippen molar-refractivity contribution in [2.45, 2.75) is 25.5 Å². The minimum Gasteiger partial charge on any atom is -0.361 e. The van der Waals surface area contributed by atoms with Gasteiger partial charge in [0.2, 0.25) is 0 Å². The monoisotopic (exact) mass is 343 g/mol. The molecular formula is C13H18ClN5O4. The van der Waals surface area contributed by atoms with Crippen LogP contribution in [0.2, 0.25) is 5.02 Å². The van der Waals surface area contributed by atoms with Gasteiger partial charge in [-0.1, -0.05) is 11.6 Å². The Labute approximate surface area is 137 Å². The molecule has 10 heteroatoms. The van der Waals surface area contributed by atoms with E-state index < -0.39 is 22.5 Å². The first-order chi connectivity index (χ1) is 11.1. The number of nitrogens with zero attached hydrogens (tertiary/aromatic N) is 4. The predicted molar refractivity (Wildman–Crippen MR) is 84.1 cm³/mol. The quantitative estimate of drug-likeness (QED) is 0.642. The van der Waals surface area contributed by atoms with E-state index >= 15 is 0 Å². The lowest BCUT2D eigenvalue weighted by Crippen LogP contribution is -2.45. The molecule has 0 radical (unpaired) electrons. The van der Waals surface area contributed by atoms with Crippen LogP contribution >= 0.6 is 11.6 Å². The zero-order chi connectivity index (χ0) is 16.4. The van der Waals surface area contributed by atoms with Gasteiger partial charge in [0.15, 0.2) is 11.9 Å². The van der Waals surface area contributed by atoms with Gasteiger partial charge < -0.3 is 25.1 Å². The van der Waals surface area contributed by atoms with Crippen molar-refractivity contribution in [2.24, 2.45) is 0 Å². The first-order valence-electron chi connectivity index (χ1n) is 7.63.